The second-order valence-corrected chi connectivity index (χ2v) is 8.93. The number of nitrogens with two attached hydrogens (primary N) is 1. The highest BCUT2D eigenvalue weighted by molar-refractivity contribution is 8.13. The van der Waals surface area contributed by atoms with Gasteiger partial charge in [-0.2, -0.15) is 5.10 Å². The lowest BCUT2D eigenvalue weighted by Crippen LogP contribution is -2.49. The molecule has 2 aliphatic rings. The number of hydrogen-bond donors (Lipinski definition) is 2. The van der Waals surface area contributed by atoms with Gasteiger partial charge in [0, 0.05) is 30.3 Å². The number of carbonyl (C=O) groups is 1. The highest BCUT2D eigenvalue weighted by Crippen LogP contribution is 2.47. The van der Waals surface area contributed by atoms with E-state index in [0.717, 1.165) is 17.2 Å². The topological polar surface area (TPSA) is 107 Å². The SMILES string of the molecule is C[C@H]1C[C@H]2CSC(N)=N[C@@]2(c2nc(NC(=O)c3cn(C)nc3CF)cs2)CO1. The Morgan fingerprint density at radius 2 is 2.39 bits per heavy atom. The molecule has 2 aromatic rings. The van der Waals surface area contributed by atoms with Crippen LogP contribution in [-0.4, -0.2) is 44.3 Å². The van der Waals surface area contributed by atoms with E-state index in [1.54, 1.807) is 24.2 Å². The first-order valence-corrected chi connectivity index (χ1v) is 10.7. The number of anilines is 1. The predicted octanol–water partition coefficient (Wildman–Crippen LogP) is 2.28. The van der Waals surface area contributed by atoms with Gasteiger partial charge in [-0.25, -0.2) is 14.4 Å². The second kappa shape index (κ2) is 7.45. The molecule has 3 N–H and O–H groups in total. The molecule has 1 amide bonds. The molecule has 11 heteroatoms. The van der Waals surface area contributed by atoms with E-state index in [4.69, 9.17) is 15.5 Å². The third-order valence-electron chi connectivity index (χ3n) is 5.01. The van der Waals surface area contributed by atoms with E-state index < -0.39 is 18.1 Å². The van der Waals surface area contributed by atoms with Crippen LogP contribution in [0.3, 0.4) is 0 Å². The van der Waals surface area contributed by atoms with Crippen LogP contribution in [0.5, 0.6) is 0 Å². The fourth-order valence-electron chi connectivity index (χ4n) is 3.62. The average Bonchev–Trinajstić information content (AvgIpc) is 3.28. The number of ether oxygens (including phenoxy) is 1. The van der Waals surface area contributed by atoms with Gasteiger partial charge >= 0.3 is 0 Å². The number of thioether (sulfide) groups is 1. The summed E-state index contributed by atoms with van der Waals surface area (Å²) in [5.74, 6) is 1.08. The van der Waals surface area contributed by atoms with E-state index in [0.29, 0.717) is 17.6 Å². The van der Waals surface area contributed by atoms with Gasteiger partial charge in [-0.15, -0.1) is 11.3 Å². The first-order chi connectivity index (χ1) is 13.4. The maximum absolute atomic E-state index is 13.1. The second-order valence-electron chi connectivity index (χ2n) is 7.03. The summed E-state index contributed by atoms with van der Waals surface area (Å²) in [7, 11) is 1.64. The molecule has 1 saturated heterocycles. The lowest BCUT2D eigenvalue weighted by molar-refractivity contribution is -0.0466. The number of rotatable bonds is 4. The monoisotopic (exact) mass is 424 g/mol. The molecule has 0 bridgehead atoms. The van der Waals surface area contributed by atoms with Gasteiger partial charge in [0.2, 0.25) is 0 Å². The van der Waals surface area contributed by atoms with Crippen molar-refractivity contribution in [1.29, 1.82) is 0 Å². The van der Waals surface area contributed by atoms with Gasteiger partial charge in [0.15, 0.2) is 5.17 Å². The summed E-state index contributed by atoms with van der Waals surface area (Å²) < 4.78 is 20.4. The third-order valence-corrected chi connectivity index (χ3v) is 6.98. The van der Waals surface area contributed by atoms with Crippen LogP contribution in [-0.2, 0) is 24.0 Å². The van der Waals surface area contributed by atoms with Crippen LogP contribution in [0.15, 0.2) is 16.6 Å². The normalized spacial score (nSPS) is 27.2. The molecule has 0 aromatic carbocycles. The molecule has 0 unspecified atom stereocenters. The standard InChI is InChI=1S/C17H21FN6O2S2/c1-9-3-10-6-28-16(19)22-17(10,8-26-9)15-21-13(7-27-15)20-14(25)11-5-24(2)23-12(11)4-18/h5,7,9-10H,3-4,6,8H2,1-2H3,(H2,19,22)(H,20,25)/t9-,10-,17-/m0/s1. The Hall–Kier alpha value is -1.98. The molecular weight excluding hydrogens is 403 g/mol. The molecule has 28 heavy (non-hydrogen) atoms. The number of nitrogens with one attached hydrogen (secondary N) is 1. The summed E-state index contributed by atoms with van der Waals surface area (Å²) in [4.78, 5) is 21.9. The van der Waals surface area contributed by atoms with Crippen LogP contribution in [0, 0.1) is 5.92 Å². The molecule has 0 spiro atoms. The maximum atomic E-state index is 13.1. The number of fused-ring (bicyclic) bond motifs is 1. The smallest absolute Gasteiger partial charge is 0.260 e. The average molecular weight is 425 g/mol. The highest BCUT2D eigenvalue weighted by atomic mass is 32.2. The summed E-state index contributed by atoms with van der Waals surface area (Å²) in [5.41, 5.74) is 5.70. The molecule has 1 fully saturated rings. The Bertz CT molecular complexity index is 929. The molecule has 4 heterocycles. The quantitative estimate of drug-likeness (QED) is 0.780. The van der Waals surface area contributed by atoms with Gasteiger partial charge in [0.05, 0.1) is 18.3 Å². The van der Waals surface area contributed by atoms with Gasteiger partial charge in [-0.05, 0) is 13.3 Å². The molecule has 0 radical (unpaired) electrons. The summed E-state index contributed by atoms with van der Waals surface area (Å²) in [6, 6.07) is 0. The molecule has 0 aliphatic carbocycles. The van der Waals surface area contributed by atoms with Gasteiger partial charge in [0.1, 0.15) is 28.7 Å². The van der Waals surface area contributed by atoms with Crippen molar-refractivity contribution < 1.29 is 13.9 Å². The van der Waals surface area contributed by atoms with Crippen molar-refractivity contribution in [3.05, 3.63) is 27.8 Å². The number of aromatic nitrogens is 3. The third kappa shape index (κ3) is 3.42. The predicted molar refractivity (Wildman–Crippen MR) is 107 cm³/mol. The van der Waals surface area contributed by atoms with Crippen molar-refractivity contribution in [3.63, 3.8) is 0 Å². The van der Waals surface area contributed by atoms with Crippen LogP contribution in [0.25, 0.3) is 0 Å². The van der Waals surface area contributed by atoms with E-state index in [2.05, 4.69) is 22.3 Å². The van der Waals surface area contributed by atoms with Crippen molar-refractivity contribution in [2.75, 3.05) is 17.7 Å². The van der Waals surface area contributed by atoms with E-state index in [9.17, 15) is 9.18 Å². The lowest BCUT2D eigenvalue weighted by atomic mass is 9.80. The maximum Gasteiger partial charge on any atom is 0.260 e. The van der Waals surface area contributed by atoms with Crippen molar-refractivity contribution >= 4 is 40.0 Å². The lowest BCUT2D eigenvalue weighted by Gasteiger charge is -2.44. The Kier molecular flexibility index (Phi) is 5.15. The number of amides is 1. The fraction of sp³-hybridized carbons (Fsp3) is 0.529. The van der Waals surface area contributed by atoms with Crippen LogP contribution in [0.4, 0.5) is 10.2 Å². The molecule has 4 rings (SSSR count). The number of hydrogen-bond acceptors (Lipinski definition) is 8. The minimum atomic E-state index is -0.808. The molecular formula is C17H21FN6O2S2. The molecule has 150 valence electrons. The molecule has 0 saturated carbocycles. The number of aliphatic imine (C=N–C) groups is 1. The van der Waals surface area contributed by atoms with Crippen LogP contribution < -0.4 is 11.1 Å². The largest absolute Gasteiger partial charge is 0.379 e. The Morgan fingerprint density at radius 3 is 3.18 bits per heavy atom. The van der Waals surface area contributed by atoms with Crippen LogP contribution in [0.1, 0.15) is 34.4 Å². The Balaban J connectivity index is 1.60. The molecule has 8 nitrogen and oxygen atoms in total. The van der Waals surface area contributed by atoms with Gasteiger partial charge < -0.3 is 15.8 Å². The zero-order chi connectivity index (χ0) is 19.9. The molecule has 2 aromatic heterocycles. The summed E-state index contributed by atoms with van der Waals surface area (Å²) in [6.45, 7) is 1.66. The van der Waals surface area contributed by atoms with Crippen LogP contribution in [0.2, 0.25) is 0 Å². The summed E-state index contributed by atoms with van der Waals surface area (Å²) in [5, 5.41) is 9.73. The Morgan fingerprint density at radius 1 is 1.57 bits per heavy atom. The molecule has 2 aliphatic heterocycles. The number of thiazole rings is 1. The van der Waals surface area contributed by atoms with E-state index >= 15 is 0 Å². The number of aryl methyl sites for hydroxylation is 1. The minimum Gasteiger partial charge on any atom is -0.379 e. The fourth-order valence-corrected chi connectivity index (χ4v) is 5.59. The van der Waals surface area contributed by atoms with E-state index in [1.165, 1.54) is 22.2 Å². The van der Waals surface area contributed by atoms with E-state index in [1.807, 2.05) is 0 Å². The first kappa shape index (κ1) is 19.3. The van der Waals surface area contributed by atoms with Crippen molar-refractivity contribution in [2.45, 2.75) is 31.7 Å². The zero-order valence-corrected chi connectivity index (χ0v) is 17.1. The number of halogens is 1. The van der Waals surface area contributed by atoms with Crippen molar-refractivity contribution in [2.24, 2.45) is 23.7 Å². The van der Waals surface area contributed by atoms with E-state index in [-0.39, 0.29) is 23.3 Å². The zero-order valence-electron chi connectivity index (χ0n) is 15.5. The number of alkyl halides is 1. The first-order valence-electron chi connectivity index (χ1n) is 8.87. The number of nitrogens with zero attached hydrogens (tertiary/aromatic N) is 4. The van der Waals surface area contributed by atoms with Gasteiger partial charge in [-0.1, -0.05) is 11.8 Å². The highest BCUT2D eigenvalue weighted by Gasteiger charge is 2.49. The number of carbonyl (C=O) groups excluding carboxylic acids is 1. The van der Waals surface area contributed by atoms with Gasteiger partial charge in [-0.3, -0.25) is 9.48 Å². The Labute approximate surface area is 169 Å². The van der Waals surface area contributed by atoms with Gasteiger partial charge in [0.25, 0.3) is 5.91 Å². The summed E-state index contributed by atoms with van der Waals surface area (Å²) >= 11 is 2.97. The number of amidine groups is 1. The minimum absolute atomic E-state index is 0.102. The van der Waals surface area contributed by atoms with Crippen molar-refractivity contribution in [3.8, 4) is 0 Å². The van der Waals surface area contributed by atoms with Crippen molar-refractivity contribution in [1.82, 2.24) is 14.8 Å². The van der Waals surface area contributed by atoms with Crippen LogP contribution >= 0.6 is 23.1 Å². The summed E-state index contributed by atoms with van der Waals surface area (Å²) in [6.07, 6.45) is 2.53. The molecule has 3 atom stereocenters.